The molecule has 0 radical (unpaired) electrons. The maximum Gasteiger partial charge on any atom is 0.338 e. The predicted octanol–water partition coefficient (Wildman–Crippen LogP) is 2.62. The zero-order chi connectivity index (χ0) is 17.7. The van der Waals surface area contributed by atoms with E-state index in [0.29, 0.717) is 0 Å². The van der Waals surface area contributed by atoms with E-state index in [4.69, 9.17) is 0 Å². The van der Waals surface area contributed by atoms with Gasteiger partial charge in [0.15, 0.2) is 0 Å². The van der Waals surface area contributed by atoms with Crippen molar-refractivity contribution in [2.75, 3.05) is 7.11 Å². The second-order valence-electron chi connectivity index (χ2n) is 5.13. The average molecular weight is 328 g/mol. The lowest BCUT2D eigenvalue weighted by molar-refractivity contribution is -0.384. The summed E-state index contributed by atoms with van der Waals surface area (Å²) in [6.45, 7) is 2.20. The Morgan fingerprint density at radius 1 is 1.17 bits per heavy atom. The minimum atomic E-state index is -0.744. The van der Waals surface area contributed by atoms with E-state index in [1.165, 1.54) is 13.2 Å². The molecular formula is C17H16N2O5. The number of nitrogens with one attached hydrogen (secondary N) is 1. The van der Waals surface area contributed by atoms with E-state index in [-0.39, 0.29) is 23.4 Å². The number of hydrogen-bond donors (Lipinski definition) is 1. The van der Waals surface area contributed by atoms with Gasteiger partial charge in [-0.1, -0.05) is 24.3 Å². The first-order chi connectivity index (χ1) is 11.4. The van der Waals surface area contributed by atoms with Crippen molar-refractivity contribution in [2.24, 2.45) is 0 Å². The monoisotopic (exact) mass is 328 g/mol. The lowest BCUT2D eigenvalue weighted by Gasteiger charge is -2.09. The number of hydrogen-bond acceptors (Lipinski definition) is 5. The lowest BCUT2D eigenvalue weighted by atomic mass is 10.1. The Kier molecular flexibility index (Phi) is 5.26. The summed E-state index contributed by atoms with van der Waals surface area (Å²) in [6.07, 6.45) is 0. The smallest absolute Gasteiger partial charge is 0.338 e. The summed E-state index contributed by atoms with van der Waals surface area (Å²) < 4.78 is 4.56. The molecule has 1 amide bonds. The Morgan fingerprint density at radius 2 is 1.83 bits per heavy atom. The minimum absolute atomic E-state index is 0.0261. The number of carbonyl (C=O) groups excluding carboxylic acids is 2. The van der Waals surface area contributed by atoms with Crippen molar-refractivity contribution in [3.05, 3.63) is 74.8 Å². The Labute approximate surface area is 138 Å². The van der Waals surface area contributed by atoms with Crippen molar-refractivity contribution >= 4 is 17.6 Å². The van der Waals surface area contributed by atoms with E-state index < -0.39 is 16.8 Å². The highest BCUT2D eigenvalue weighted by atomic mass is 16.6. The van der Waals surface area contributed by atoms with Crippen molar-refractivity contribution < 1.29 is 19.2 Å². The molecule has 0 heterocycles. The van der Waals surface area contributed by atoms with Crippen LogP contribution in [0.1, 0.15) is 31.8 Å². The normalized spacial score (nSPS) is 10.1. The van der Waals surface area contributed by atoms with Gasteiger partial charge >= 0.3 is 5.97 Å². The van der Waals surface area contributed by atoms with E-state index in [9.17, 15) is 19.7 Å². The summed E-state index contributed by atoms with van der Waals surface area (Å²) in [6, 6.07) is 11.0. The molecule has 7 heteroatoms. The van der Waals surface area contributed by atoms with E-state index in [0.717, 1.165) is 23.3 Å². The molecule has 24 heavy (non-hydrogen) atoms. The first kappa shape index (κ1) is 17.1. The third-order valence-corrected chi connectivity index (χ3v) is 3.51. The van der Waals surface area contributed by atoms with Crippen LogP contribution in [0.5, 0.6) is 0 Å². The molecule has 2 aromatic rings. The molecule has 2 rings (SSSR count). The zero-order valence-electron chi connectivity index (χ0n) is 13.2. The molecule has 0 fully saturated rings. The molecule has 2 aromatic carbocycles. The van der Waals surface area contributed by atoms with Gasteiger partial charge in [-0.05, 0) is 24.1 Å². The van der Waals surface area contributed by atoms with Crippen molar-refractivity contribution in [1.82, 2.24) is 5.32 Å². The largest absolute Gasteiger partial charge is 0.465 e. The maximum absolute atomic E-state index is 12.3. The molecule has 0 aliphatic rings. The molecule has 124 valence electrons. The van der Waals surface area contributed by atoms with Gasteiger partial charge in [-0.25, -0.2) is 4.79 Å². The molecule has 0 aromatic heterocycles. The number of methoxy groups -OCH3 is 1. The van der Waals surface area contributed by atoms with Gasteiger partial charge in [0, 0.05) is 24.2 Å². The van der Waals surface area contributed by atoms with Gasteiger partial charge in [-0.3, -0.25) is 14.9 Å². The molecule has 0 spiro atoms. The lowest BCUT2D eigenvalue weighted by Crippen LogP contribution is -2.23. The molecule has 7 nitrogen and oxygen atoms in total. The molecule has 0 aliphatic heterocycles. The van der Waals surface area contributed by atoms with Crippen LogP contribution in [0.3, 0.4) is 0 Å². The number of nitrogens with zero attached hydrogens (tertiary/aromatic N) is 1. The van der Waals surface area contributed by atoms with Crippen molar-refractivity contribution in [2.45, 2.75) is 13.5 Å². The van der Waals surface area contributed by atoms with Crippen LogP contribution in [0.4, 0.5) is 5.69 Å². The van der Waals surface area contributed by atoms with Crippen LogP contribution in [-0.2, 0) is 11.3 Å². The molecule has 0 atom stereocenters. The van der Waals surface area contributed by atoms with Crippen LogP contribution in [0.25, 0.3) is 0 Å². The average Bonchev–Trinajstić information content (AvgIpc) is 2.59. The van der Waals surface area contributed by atoms with Gasteiger partial charge in [0.25, 0.3) is 11.6 Å². The number of nitro benzene ring substituents is 1. The second kappa shape index (κ2) is 7.36. The van der Waals surface area contributed by atoms with Gasteiger partial charge in [0.05, 0.1) is 17.6 Å². The number of rotatable bonds is 5. The first-order valence-electron chi connectivity index (χ1n) is 7.13. The quantitative estimate of drug-likeness (QED) is 0.517. The third kappa shape index (κ3) is 3.95. The first-order valence-corrected chi connectivity index (χ1v) is 7.13. The van der Waals surface area contributed by atoms with Crippen LogP contribution >= 0.6 is 0 Å². The Bertz CT molecular complexity index is 801. The number of carbonyl (C=O) groups is 2. The van der Waals surface area contributed by atoms with Crippen molar-refractivity contribution in [3.8, 4) is 0 Å². The van der Waals surface area contributed by atoms with Gasteiger partial charge in [-0.15, -0.1) is 0 Å². The molecule has 0 saturated carbocycles. The standard InChI is InChI=1S/C17H16N2O5/c1-11-5-3-4-6-12(11)10-18-16(20)13-7-14(17(21)24-2)9-15(8-13)19(22)23/h3-9H,10H2,1-2H3,(H,18,20). The molecule has 0 aliphatic carbocycles. The van der Waals surface area contributed by atoms with E-state index >= 15 is 0 Å². The Morgan fingerprint density at radius 3 is 2.46 bits per heavy atom. The zero-order valence-corrected chi connectivity index (χ0v) is 13.2. The van der Waals surface area contributed by atoms with Crippen molar-refractivity contribution in [1.29, 1.82) is 0 Å². The van der Waals surface area contributed by atoms with E-state index in [1.807, 2.05) is 31.2 Å². The summed E-state index contributed by atoms with van der Waals surface area (Å²) >= 11 is 0. The Hall–Kier alpha value is -3.22. The number of non-ortho nitro benzene ring substituents is 1. The van der Waals surface area contributed by atoms with Crippen LogP contribution in [0.2, 0.25) is 0 Å². The van der Waals surface area contributed by atoms with Crippen molar-refractivity contribution in [3.63, 3.8) is 0 Å². The highest BCUT2D eigenvalue weighted by Gasteiger charge is 2.18. The Balaban J connectivity index is 2.25. The number of benzene rings is 2. The number of esters is 1. The van der Waals surface area contributed by atoms with Gasteiger partial charge in [0.1, 0.15) is 0 Å². The molecular weight excluding hydrogens is 312 g/mol. The molecule has 0 bridgehead atoms. The number of ether oxygens (including phenoxy) is 1. The van der Waals surface area contributed by atoms with Crippen LogP contribution in [-0.4, -0.2) is 23.9 Å². The van der Waals surface area contributed by atoms with E-state index in [1.54, 1.807) is 0 Å². The predicted molar refractivity (Wildman–Crippen MR) is 86.8 cm³/mol. The molecule has 0 saturated heterocycles. The minimum Gasteiger partial charge on any atom is -0.465 e. The number of aryl methyl sites for hydroxylation is 1. The summed E-state index contributed by atoms with van der Waals surface area (Å²) in [5, 5.41) is 13.7. The highest BCUT2D eigenvalue weighted by Crippen LogP contribution is 2.18. The molecule has 0 unspecified atom stereocenters. The van der Waals surface area contributed by atoms with Crippen LogP contribution < -0.4 is 5.32 Å². The number of nitro groups is 1. The summed E-state index contributed by atoms with van der Waals surface area (Å²) in [4.78, 5) is 34.2. The third-order valence-electron chi connectivity index (χ3n) is 3.51. The van der Waals surface area contributed by atoms with E-state index in [2.05, 4.69) is 10.1 Å². The van der Waals surface area contributed by atoms with Gasteiger partial charge in [-0.2, -0.15) is 0 Å². The van der Waals surface area contributed by atoms with Gasteiger partial charge in [0.2, 0.25) is 0 Å². The summed E-state index contributed by atoms with van der Waals surface area (Å²) in [7, 11) is 1.17. The second-order valence-corrected chi connectivity index (χ2v) is 5.13. The fourth-order valence-electron chi connectivity index (χ4n) is 2.17. The van der Waals surface area contributed by atoms with Gasteiger partial charge < -0.3 is 10.1 Å². The fourth-order valence-corrected chi connectivity index (χ4v) is 2.17. The fraction of sp³-hybridized carbons (Fsp3) is 0.176. The highest BCUT2D eigenvalue weighted by molar-refractivity contribution is 5.98. The SMILES string of the molecule is COC(=O)c1cc(C(=O)NCc2ccccc2C)cc([N+](=O)[O-])c1. The topological polar surface area (TPSA) is 98.5 Å². The summed E-state index contributed by atoms with van der Waals surface area (Å²) in [5.74, 6) is -1.25. The van der Waals surface area contributed by atoms with Crippen LogP contribution in [0.15, 0.2) is 42.5 Å². The maximum atomic E-state index is 12.3. The van der Waals surface area contributed by atoms with Crippen LogP contribution in [0, 0.1) is 17.0 Å². The number of amides is 1. The molecule has 1 N–H and O–H groups in total. The summed E-state index contributed by atoms with van der Waals surface area (Å²) in [5.41, 5.74) is 1.58.